The number of phosphoric ester groups is 2. The Hall–Kier alpha value is -4.54. The van der Waals surface area contributed by atoms with Crippen molar-refractivity contribution in [1.29, 1.82) is 0 Å². The van der Waals surface area contributed by atoms with E-state index >= 15 is 0 Å². The highest BCUT2D eigenvalue weighted by atomic mass is 31.2. The molecule has 0 heterocycles. The number of hydrogen-bond donors (Lipinski definition) is 3. The first kappa shape index (κ1) is 99.5. The lowest BCUT2D eigenvalue weighted by Gasteiger charge is -2.21. The van der Waals surface area contributed by atoms with E-state index in [-0.39, 0.29) is 25.7 Å². The number of aliphatic hydroxyl groups is 1. The third-order valence-corrected chi connectivity index (χ3v) is 18.8. The van der Waals surface area contributed by atoms with Crippen LogP contribution in [0.25, 0.3) is 0 Å². The van der Waals surface area contributed by atoms with Gasteiger partial charge in [-0.3, -0.25) is 37.3 Å². The molecule has 5 atom stereocenters. The number of rotatable bonds is 76. The van der Waals surface area contributed by atoms with Crippen LogP contribution in [0, 0.1) is 0 Å². The number of phosphoric acid groups is 2. The first-order valence-electron chi connectivity index (χ1n) is 40.8. The fraction of sp³-hybridized carbons (Fsp3) is 0.718. The van der Waals surface area contributed by atoms with Gasteiger partial charge in [0, 0.05) is 25.7 Å². The number of allylic oxidation sites excluding steroid dienone is 20. The Labute approximate surface area is 632 Å². The molecule has 3 N–H and O–H groups in total. The number of ether oxygens (including phenoxy) is 4. The zero-order chi connectivity index (χ0) is 76.0. The minimum atomic E-state index is -5.00. The van der Waals surface area contributed by atoms with Crippen molar-refractivity contribution in [3.8, 4) is 0 Å². The summed E-state index contributed by atoms with van der Waals surface area (Å²) in [4.78, 5) is 73.1. The molecule has 0 saturated carbocycles. The molecule has 0 aliphatic carbocycles. The number of aliphatic hydroxyl groups excluding tert-OH is 1. The molecule has 0 saturated heterocycles. The van der Waals surface area contributed by atoms with Crippen LogP contribution in [0.15, 0.2) is 122 Å². The largest absolute Gasteiger partial charge is 0.472 e. The Morgan fingerprint density at radius 2 is 0.481 bits per heavy atom. The van der Waals surface area contributed by atoms with E-state index in [4.69, 9.17) is 37.0 Å². The number of hydrogen-bond acceptors (Lipinski definition) is 15. The molecule has 0 aromatic rings. The molecule has 0 fully saturated rings. The van der Waals surface area contributed by atoms with E-state index < -0.39 is 97.5 Å². The van der Waals surface area contributed by atoms with Gasteiger partial charge in [-0.15, -0.1) is 0 Å². The second-order valence-electron chi connectivity index (χ2n) is 27.0. The van der Waals surface area contributed by atoms with Crippen LogP contribution in [0.4, 0.5) is 0 Å². The maximum atomic E-state index is 13.1. The summed E-state index contributed by atoms with van der Waals surface area (Å²) < 4.78 is 68.6. The summed E-state index contributed by atoms with van der Waals surface area (Å²) in [6.07, 6.45) is 84.5. The average molecular weight is 1500 g/mol. The predicted octanol–water partition coefficient (Wildman–Crippen LogP) is 23.9. The molecule has 0 aliphatic heterocycles. The van der Waals surface area contributed by atoms with E-state index in [1.807, 2.05) is 12.2 Å². The van der Waals surface area contributed by atoms with Crippen LogP contribution in [-0.2, 0) is 65.4 Å². The molecule has 0 aromatic heterocycles. The second-order valence-corrected chi connectivity index (χ2v) is 29.9. The molecular weight excluding hydrogens is 1350 g/mol. The van der Waals surface area contributed by atoms with Crippen molar-refractivity contribution in [2.24, 2.45) is 0 Å². The molecule has 5 unspecified atom stereocenters. The molecule has 19 heteroatoms. The molecule has 0 bridgehead atoms. The summed E-state index contributed by atoms with van der Waals surface area (Å²) in [5.74, 6) is -2.27. The van der Waals surface area contributed by atoms with Gasteiger partial charge in [0.05, 0.1) is 26.4 Å². The average Bonchev–Trinajstić information content (AvgIpc) is 0.926. The van der Waals surface area contributed by atoms with E-state index in [0.717, 1.165) is 173 Å². The van der Waals surface area contributed by atoms with Gasteiger partial charge >= 0.3 is 39.5 Å². The third-order valence-electron chi connectivity index (χ3n) is 16.9. The van der Waals surface area contributed by atoms with Gasteiger partial charge in [0.2, 0.25) is 0 Å². The van der Waals surface area contributed by atoms with Crippen LogP contribution in [0.1, 0.15) is 336 Å². The summed E-state index contributed by atoms with van der Waals surface area (Å²) in [6, 6.07) is 0. The van der Waals surface area contributed by atoms with Crippen LogP contribution >= 0.6 is 15.6 Å². The molecule has 0 aromatic carbocycles. The van der Waals surface area contributed by atoms with E-state index in [2.05, 4.69) is 137 Å². The minimum Gasteiger partial charge on any atom is -0.462 e. The first-order chi connectivity index (χ1) is 50.7. The summed E-state index contributed by atoms with van der Waals surface area (Å²) >= 11 is 0. The molecule has 0 aliphatic rings. The van der Waals surface area contributed by atoms with Gasteiger partial charge < -0.3 is 33.8 Å². The summed E-state index contributed by atoms with van der Waals surface area (Å²) in [6.45, 7) is 4.69. The zero-order valence-electron chi connectivity index (χ0n) is 65.4. The smallest absolute Gasteiger partial charge is 0.462 e. The van der Waals surface area contributed by atoms with Crippen molar-refractivity contribution >= 4 is 39.5 Å². The monoisotopic (exact) mass is 1500 g/mol. The number of unbranched alkanes of at least 4 members (excludes halogenated alkanes) is 30. The minimum absolute atomic E-state index is 0.0721. The summed E-state index contributed by atoms with van der Waals surface area (Å²) in [7, 11) is -9.99. The van der Waals surface area contributed by atoms with Gasteiger partial charge in [-0.2, -0.15) is 0 Å². The van der Waals surface area contributed by atoms with Gasteiger partial charge in [0.15, 0.2) is 12.2 Å². The van der Waals surface area contributed by atoms with E-state index in [1.54, 1.807) is 0 Å². The van der Waals surface area contributed by atoms with Crippen LogP contribution in [0.3, 0.4) is 0 Å². The van der Waals surface area contributed by atoms with Crippen LogP contribution in [-0.4, -0.2) is 96.7 Å². The lowest BCUT2D eigenvalue weighted by atomic mass is 10.1. The fourth-order valence-electron chi connectivity index (χ4n) is 10.6. The highest BCUT2D eigenvalue weighted by molar-refractivity contribution is 7.47. The van der Waals surface area contributed by atoms with E-state index in [1.165, 1.54) is 77.0 Å². The zero-order valence-corrected chi connectivity index (χ0v) is 67.2. The normalized spacial score (nSPS) is 14.5. The molecule has 598 valence electrons. The van der Waals surface area contributed by atoms with Crippen molar-refractivity contribution in [2.45, 2.75) is 354 Å². The van der Waals surface area contributed by atoms with Gasteiger partial charge in [-0.05, 0) is 161 Å². The van der Waals surface area contributed by atoms with Gasteiger partial charge in [-0.1, -0.05) is 271 Å². The highest BCUT2D eigenvalue weighted by Crippen LogP contribution is 2.45. The topological polar surface area (TPSA) is 237 Å². The van der Waals surface area contributed by atoms with Crippen molar-refractivity contribution in [2.75, 3.05) is 39.6 Å². The molecule has 17 nitrogen and oxygen atoms in total. The predicted molar refractivity (Wildman–Crippen MR) is 427 cm³/mol. The standard InChI is InChI=1S/C85H146O17P2/c1-5-9-13-17-21-25-29-33-37-39-43-46-50-54-58-62-66-70-83(88)96-76-81(102-85(90)72-68-64-60-56-52-48-44-40-38-34-30-26-22-18-14-10-6-2)78-100-104(93,94)98-74-79(86)73-97-103(91,92)99-77-80(101-84(89)71-67-63-59-55-51-47-42-36-32-28-24-20-16-12-8-4)75-95-82(87)69-65-61-57-53-49-45-41-35-31-27-23-19-15-11-7-3/h21-28,33-38,41-43,46,54,58,79-81,86H,5-20,29-32,39-40,44-45,47-53,55-57,59-78H2,1-4H3,(H,91,92)(H,93,94). The van der Waals surface area contributed by atoms with Crippen molar-refractivity contribution in [3.05, 3.63) is 122 Å². The summed E-state index contributed by atoms with van der Waals surface area (Å²) in [5.41, 5.74) is 0. The van der Waals surface area contributed by atoms with E-state index in [9.17, 15) is 43.2 Å². The third kappa shape index (κ3) is 75.7. The SMILES string of the molecule is CCCCCC=CCC=CCC=CCC=CCCCC(=O)OCC(COP(=O)(O)OCC(O)COP(=O)(O)OCC(COC(=O)CCCCCCCC=CCC=CCCCCC)OC(=O)CCCCCCCC=CCC=CCCCCC)OC(=O)CCCCCCCCCC=CCC=CCCCCC. The molecule has 0 spiro atoms. The Bertz CT molecular complexity index is 2440. The summed E-state index contributed by atoms with van der Waals surface area (Å²) in [5, 5.41) is 10.6. The first-order valence-corrected chi connectivity index (χ1v) is 43.8. The second kappa shape index (κ2) is 76.6. The van der Waals surface area contributed by atoms with Gasteiger partial charge in [-0.25, -0.2) is 9.13 Å². The Morgan fingerprint density at radius 3 is 0.760 bits per heavy atom. The Balaban J connectivity index is 5.44. The lowest BCUT2D eigenvalue weighted by Crippen LogP contribution is -2.30. The fourth-order valence-corrected chi connectivity index (χ4v) is 12.2. The lowest BCUT2D eigenvalue weighted by molar-refractivity contribution is -0.161. The molecule has 104 heavy (non-hydrogen) atoms. The number of carbonyl (C=O) groups excluding carboxylic acids is 4. The molecular formula is C85H146O17P2. The van der Waals surface area contributed by atoms with Gasteiger partial charge in [0.25, 0.3) is 0 Å². The number of esters is 4. The van der Waals surface area contributed by atoms with Crippen LogP contribution in [0.5, 0.6) is 0 Å². The van der Waals surface area contributed by atoms with E-state index in [0.29, 0.717) is 32.1 Å². The maximum Gasteiger partial charge on any atom is 0.472 e. The highest BCUT2D eigenvalue weighted by Gasteiger charge is 2.30. The van der Waals surface area contributed by atoms with Crippen molar-refractivity contribution in [3.63, 3.8) is 0 Å². The molecule has 0 rings (SSSR count). The van der Waals surface area contributed by atoms with Crippen LogP contribution < -0.4 is 0 Å². The Morgan fingerprint density at radius 1 is 0.269 bits per heavy atom. The maximum absolute atomic E-state index is 13.1. The number of carbonyl (C=O) groups is 4. The van der Waals surface area contributed by atoms with Crippen LogP contribution in [0.2, 0.25) is 0 Å². The quantitative estimate of drug-likeness (QED) is 0.0169. The Kier molecular flexibility index (Phi) is 73.3. The van der Waals surface area contributed by atoms with Gasteiger partial charge in [0.1, 0.15) is 19.3 Å². The molecule has 0 radical (unpaired) electrons. The van der Waals surface area contributed by atoms with Crippen molar-refractivity contribution < 1.29 is 80.2 Å². The van der Waals surface area contributed by atoms with Crippen molar-refractivity contribution in [1.82, 2.24) is 0 Å². The molecule has 0 amide bonds.